The van der Waals surface area contributed by atoms with Crippen molar-refractivity contribution in [3.05, 3.63) is 95.8 Å². The molecule has 0 spiro atoms. The average Bonchev–Trinajstić information content (AvgIpc) is 2.64. The lowest BCUT2D eigenvalue weighted by Crippen LogP contribution is -2.34. The molecule has 0 atom stereocenters. The highest BCUT2D eigenvalue weighted by atomic mass is 32.1. The van der Waals surface area contributed by atoms with E-state index in [2.05, 4.69) is 17.4 Å². The van der Waals surface area contributed by atoms with Crippen LogP contribution in [0.5, 0.6) is 0 Å². The predicted octanol–water partition coefficient (Wildman–Crippen LogP) is 5.54. The zero-order chi connectivity index (χ0) is 17.6. The van der Waals surface area contributed by atoms with Gasteiger partial charge in [0.25, 0.3) is 0 Å². The molecule has 0 fully saturated rings. The van der Waals surface area contributed by atoms with E-state index in [9.17, 15) is 4.39 Å². The molecular formula is C21H19FN2S. The Morgan fingerprint density at radius 2 is 1.60 bits per heavy atom. The molecule has 0 heterocycles. The molecule has 0 saturated heterocycles. The lowest BCUT2D eigenvalue weighted by atomic mass is 10.2. The second-order valence-electron chi connectivity index (χ2n) is 5.80. The molecule has 0 radical (unpaired) electrons. The summed E-state index contributed by atoms with van der Waals surface area (Å²) in [7, 11) is 0. The normalized spacial score (nSPS) is 10.3. The number of hydrogen-bond donors (Lipinski definition) is 1. The maximum atomic E-state index is 13.8. The number of anilines is 2. The number of nitrogens with one attached hydrogen (secondary N) is 1. The number of hydrogen-bond acceptors (Lipinski definition) is 1. The van der Waals surface area contributed by atoms with E-state index in [-0.39, 0.29) is 5.82 Å². The fourth-order valence-electron chi connectivity index (χ4n) is 2.52. The first-order valence-electron chi connectivity index (χ1n) is 8.07. The van der Waals surface area contributed by atoms with Gasteiger partial charge in [0, 0.05) is 11.4 Å². The number of benzene rings is 3. The molecule has 0 bridgehead atoms. The van der Waals surface area contributed by atoms with Gasteiger partial charge in [-0.2, -0.15) is 0 Å². The molecule has 0 saturated carbocycles. The Kier molecular flexibility index (Phi) is 5.41. The van der Waals surface area contributed by atoms with Gasteiger partial charge >= 0.3 is 0 Å². The van der Waals surface area contributed by atoms with Crippen molar-refractivity contribution in [2.45, 2.75) is 13.5 Å². The van der Waals surface area contributed by atoms with Gasteiger partial charge < -0.3 is 10.2 Å². The van der Waals surface area contributed by atoms with Gasteiger partial charge in [-0.1, -0.05) is 54.6 Å². The Labute approximate surface area is 152 Å². The number of para-hydroxylation sites is 1. The van der Waals surface area contributed by atoms with Crippen molar-refractivity contribution in [3.63, 3.8) is 0 Å². The molecule has 1 N–H and O–H groups in total. The van der Waals surface area contributed by atoms with Gasteiger partial charge in [-0.25, -0.2) is 4.39 Å². The van der Waals surface area contributed by atoms with Crippen LogP contribution in [0, 0.1) is 12.7 Å². The van der Waals surface area contributed by atoms with Crippen LogP contribution in [0.2, 0.25) is 0 Å². The molecule has 3 aromatic carbocycles. The Balaban J connectivity index is 1.85. The molecule has 0 aliphatic rings. The second-order valence-corrected chi connectivity index (χ2v) is 6.19. The van der Waals surface area contributed by atoms with Crippen molar-refractivity contribution in [2.75, 3.05) is 10.2 Å². The lowest BCUT2D eigenvalue weighted by molar-refractivity contribution is 0.619. The SMILES string of the molecule is Cc1ccc(NC(=S)N(Cc2ccccc2)c2ccccc2)cc1F. The van der Waals surface area contributed by atoms with E-state index >= 15 is 0 Å². The largest absolute Gasteiger partial charge is 0.332 e. The van der Waals surface area contributed by atoms with Crippen molar-refractivity contribution in [2.24, 2.45) is 0 Å². The smallest absolute Gasteiger partial charge is 0.178 e. The fourth-order valence-corrected chi connectivity index (χ4v) is 2.80. The molecule has 2 nitrogen and oxygen atoms in total. The molecule has 0 unspecified atom stereocenters. The molecule has 0 amide bonds. The van der Waals surface area contributed by atoms with Crippen molar-refractivity contribution in [1.29, 1.82) is 0 Å². The number of halogens is 1. The number of rotatable bonds is 4. The average molecular weight is 350 g/mol. The Hall–Kier alpha value is -2.72. The summed E-state index contributed by atoms with van der Waals surface area (Å²) < 4.78 is 13.8. The number of aryl methyl sites for hydroxylation is 1. The van der Waals surface area contributed by atoms with Crippen LogP contribution in [-0.2, 0) is 6.54 Å². The minimum absolute atomic E-state index is 0.248. The van der Waals surface area contributed by atoms with Crippen LogP contribution >= 0.6 is 12.2 Å². The van der Waals surface area contributed by atoms with Crippen LogP contribution in [0.4, 0.5) is 15.8 Å². The zero-order valence-corrected chi connectivity index (χ0v) is 14.8. The molecule has 0 aromatic heterocycles. The van der Waals surface area contributed by atoms with Crippen molar-refractivity contribution < 1.29 is 4.39 Å². The Morgan fingerprint density at radius 1 is 0.960 bits per heavy atom. The van der Waals surface area contributed by atoms with Crippen molar-refractivity contribution in [3.8, 4) is 0 Å². The van der Waals surface area contributed by atoms with Crippen LogP contribution < -0.4 is 10.2 Å². The minimum Gasteiger partial charge on any atom is -0.332 e. The van der Waals surface area contributed by atoms with Crippen LogP contribution in [0.3, 0.4) is 0 Å². The molecule has 4 heteroatoms. The molecule has 0 aliphatic heterocycles. The number of nitrogens with zero attached hydrogens (tertiary/aromatic N) is 1. The summed E-state index contributed by atoms with van der Waals surface area (Å²) in [6.07, 6.45) is 0. The van der Waals surface area contributed by atoms with Gasteiger partial charge in [-0.15, -0.1) is 0 Å². The third-order valence-corrected chi connectivity index (χ3v) is 4.24. The molecule has 126 valence electrons. The summed E-state index contributed by atoms with van der Waals surface area (Å²) in [5, 5.41) is 3.67. The van der Waals surface area contributed by atoms with E-state index in [1.54, 1.807) is 13.0 Å². The summed E-state index contributed by atoms with van der Waals surface area (Å²) >= 11 is 5.61. The maximum absolute atomic E-state index is 13.8. The highest BCUT2D eigenvalue weighted by Gasteiger charge is 2.13. The monoisotopic (exact) mass is 350 g/mol. The molecule has 0 aliphatic carbocycles. The standard InChI is InChI=1S/C21H19FN2S/c1-16-12-13-18(14-20(16)22)23-21(25)24(19-10-6-3-7-11-19)15-17-8-4-2-5-9-17/h2-14H,15H2,1H3,(H,23,25). The van der Waals surface area contributed by atoms with E-state index in [4.69, 9.17) is 12.2 Å². The van der Waals surface area contributed by atoms with E-state index in [1.807, 2.05) is 59.5 Å². The lowest BCUT2D eigenvalue weighted by Gasteiger charge is -2.26. The summed E-state index contributed by atoms with van der Waals surface area (Å²) in [5.41, 5.74) is 3.38. The van der Waals surface area contributed by atoms with Gasteiger partial charge in [0.2, 0.25) is 0 Å². The Bertz CT molecular complexity index is 850. The van der Waals surface area contributed by atoms with Gasteiger partial charge in [-0.3, -0.25) is 0 Å². The van der Waals surface area contributed by atoms with Crippen LogP contribution in [0.1, 0.15) is 11.1 Å². The first kappa shape index (κ1) is 17.1. The maximum Gasteiger partial charge on any atom is 0.178 e. The van der Waals surface area contributed by atoms with E-state index < -0.39 is 0 Å². The first-order valence-corrected chi connectivity index (χ1v) is 8.48. The van der Waals surface area contributed by atoms with Gasteiger partial charge in [0.15, 0.2) is 5.11 Å². The van der Waals surface area contributed by atoms with Crippen LogP contribution in [0.15, 0.2) is 78.9 Å². The van der Waals surface area contributed by atoms with Crippen molar-refractivity contribution in [1.82, 2.24) is 0 Å². The highest BCUT2D eigenvalue weighted by Crippen LogP contribution is 2.20. The number of thiocarbonyl (C=S) groups is 1. The minimum atomic E-state index is -0.248. The van der Waals surface area contributed by atoms with Gasteiger partial charge in [0.05, 0.1) is 6.54 Å². The van der Waals surface area contributed by atoms with E-state index in [0.717, 1.165) is 11.3 Å². The summed E-state index contributed by atoms with van der Waals surface area (Å²) in [4.78, 5) is 2.00. The zero-order valence-electron chi connectivity index (χ0n) is 13.9. The quantitative estimate of drug-likeness (QED) is 0.622. The van der Waals surface area contributed by atoms with Crippen LogP contribution in [0.25, 0.3) is 0 Å². The van der Waals surface area contributed by atoms with E-state index in [0.29, 0.717) is 22.9 Å². The van der Waals surface area contributed by atoms with Gasteiger partial charge in [0.1, 0.15) is 5.82 Å². The fraction of sp³-hybridized carbons (Fsp3) is 0.0952. The van der Waals surface area contributed by atoms with Gasteiger partial charge in [-0.05, 0) is 54.5 Å². The van der Waals surface area contributed by atoms with Crippen LogP contribution in [-0.4, -0.2) is 5.11 Å². The Morgan fingerprint density at radius 3 is 2.24 bits per heavy atom. The second kappa shape index (κ2) is 7.90. The van der Waals surface area contributed by atoms with E-state index in [1.165, 1.54) is 6.07 Å². The third-order valence-electron chi connectivity index (χ3n) is 3.92. The third kappa shape index (κ3) is 4.43. The topological polar surface area (TPSA) is 15.3 Å². The molecule has 25 heavy (non-hydrogen) atoms. The molecular weight excluding hydrogens is 331 g/mol. The summed E-state index contributed by atoms with van der Waals surface area (Å²) in [6.45, 7) is 2.37. The highest BCUT2D eigenvalue weighted by molar-refractivity contribution is 7.80. The molecule has 3 rings (SSSR count). The summed E-state index contributed by atoms with van der Waals surface area (Å²) in [5.74, 6) is -0.248. The molecule has 3 aromatic rings. The summed E-state index contributed by atoms with van der Waals surface area (Å²) in [6, 6.07) is 25.1. The van der Waals surface area contributed by atoms with Crippen molar-refractivity contribution >= 4 is 28.7 Å². The first-order chi connectivity index (χ1) is 12.1. The predicted molar refractivity (Wildman–Crippen MR) is 106 cm³/mol.